The lowest BCUT2D eigenvalue weighted by Crippen LogP contribution is -2.39. The van der Waals surface area contributed by atoms with E-state index in [9.17, 15) is 14.9 Å². The maximum Gasteiger partial charge on any atom is 0.269 e. The number of non-ortho nitro benzene ring substituents is 1. The second kappa shape index (κ2) is 7.81. The Hall–Kier alpha value is -3.16. The van der Waals surface area contributed by atoms with Gasteiger partial charge in [0.25, 0.3) is 5.69 Å². The van der Waals surface area contributed by atoms with Gasteiger partial charge in [0.05, 0.1) is 4.92 Å². The average molecular weight is 355 g/mol. The van der Waals surface area contributed by atoms with Crippen LogP contribution in [0, 0.1) is 16.0 Å². The van der Waals surface area contributed by atoms with Crippen molar-refractivity contribution in [2.45, 2.75) is 19.4 Å². The minimum absolute atomic E-state index is 0.0587. The van der Waals surface area contributed by atoms with E-state index in [1.54, 1.807) is 18.3 Å². The van der Waals surface area contributed by atoms with Gasteiger partial charge in [-0.3, -0.25) is 14.9 Å². The van der Waals surface area contributed by atoms with Gasteiger partial charge in [-0.25, -0.2) is 4.98 Å². The number of nitro benzene ring substituents is 1. The van der Waals surface area contributed by atoms with E-state index in [1.165, 1.54) is 12.1 Å². The zero-order valence-electron chi connectivity index (χ0n) is 14.3. The molecule has 3 N–H and O–H groups in total. The number of piperidine rings is 1. The summed E-state index contributed by atoms with van der Waals surface area (Å²) in [7, 11) is 0. The number of anilines is 2. The highest BCUT2D eigenvalue weighted by Gasteiger charge is 2.24. The van der Waals surface area contributed by atoms with Crippen LogP contribution in [-0.2, 0) is 11.3 Å². The Bertz CT molecular complexity index is 786. The highest BCUT2D eigenvalue weighted by Crippen LogP contribution is 2.25. The maximum absolute atomic E-state index is 11.3. The molecule has 3 rings (SSSR count). The Morgan fingerprint density at radius 3 is 2.58 bits per heavy atom. The Morgan fingerprint density at radius 1 is 1.27 bits per heavy atom. The van der Waals surface area contributed by atoms with Crippen molar-refractivity contribution >= 4 is 23.1 Å². The van der Waals surface area contributed by atoms with Crippen LogP contribution in [0.5, 0.6) is 0 Å². The van der Waals surface area contributed by atoms with Crippen LogP contribution in [0.1, 0.15) is 18.4 Å². The third-order valence-corrected chi connectivity index (χ3v) is 4.63. The van der Waals surface area contributed by atoms with Crippen LogP contribution in [0.2, 0.25) is 0 Å². The number of benzene rings is 1. The second-order valence-electron chi connectivity index (χ2n) is 6.31. The quantitative estimate of drug-likeness (QED) is 0.607. The fourth-order valence-corrected chi connectivity index (χ4v) is 3.13. The molecule has 1 aliphatic heterocycles. The molecule has 1 amide bonds. The number of primary amides is 1. The summed E-state index contributed by atoms with van der Waals surface area (Å²) < 4.78 is 0. The molecule has 0 spiro atoms. The highest BCUT2D eigenvalue weighted by atomic mass is 16.6. The SMILES string of the molecule is NC(=O)C1CCN(c2ncccc2CNc2ccc([N+](=O)[O-])cc2)CC1. The summed E-state index contributed by atoms with van der Waals surface area (Å²) in [6.45, 7) is 2.04. The smallest absolute Gasteiger partial charge is 0.269 e. The van der Waals surface area contributed by atoms with E-state index in [2.05, 4.69) is 15.2 Å². The van der Waals surface area contributed by atoms with Crippen molar-refractivity contribution in [3.63, 3.8) is 0 Å². The molecule has 0 atom stereocenters. The molecule has 0 unspecified atom stereocenters. The summed E-state index contributed by atoms with van der Waals surface area (Å²) in [4.78, 5) is 28.3. The van der Waals surface area contributed by atoms with E-state index < -0.39 is 4.92 Å². The third-order valence-electron chi connectivity index (χ3n) is 4.63. The van der Waals surface area contributed by atoms with Gasteiger partial charge in [0.2, 0.25) is 5.91 Å². The van der Waals surface area contributed by atoms with Gasteiger partial charge in [-0.1, -0.05) is 6.07 Å². The first-order valence-corrected chi connectivity index (χ1v) is 8.51. The number of hydrogen-bond acceptors (Lipinski definition) is 6. The highest BCUT2D eigenvalue weighted by molar-refractivity contribution is 5.77. The molecule has 136 valence electrons. The lowest BCUT2D eigenvalue weighted by molar-refractivity contribution is -0.384. The average Bonchev–Trinajstić information content (AvgIpc) is 2.67. The van der Waals surface area contributed by atoms with Gasteiger partial charge < -0.3 is 16.0 Å². The standard InChI is InChI=1S/C18H21N5O3/c19-17(24)13-7-10-22(11-8-13)18-14(2-1-9-20-18)12-21-15-3-5-16(6-4-15)23(25)26/h1-6,9,13,21H,7-8,10-12H2,(H2,19,24). The van der Waals surface area contributed by atoms with E-state index in [0.29, 0.717) is 6.54 Å². The Balaban J connectivity index is 1.66. The number of nitrogens with zero attached hydrogens (tertiary/aromatic N) is 3. The molecule has 2 heterocycles. The number of nitro groups is 1. The molecule has 1 aliphatic rings. The van der Waals surface area contributed by atoms with Gasteiger partial charge >= 0.3 is 0 Å². The maximum atomic E-state index is 11.3. The molecule has 0 radical (unpaired) electrons. The van der Waals surface area contributed by atoms with Crippen LogP contribution in [-0.4, -0.2) is 28.9 Å². The van der Waals surface area contributed by atoms with Crippen LogP contribution in [0.25, 0.3) is 0 Å². The first-order valence-electron chi connectivity index (χ1n) is 8.51. The fraction of sp³-hybridized carbons (Fsp3) is 0.333. The monoisotopic (exact) mass is 355 g/mol. The number of nitrogens with one attached hydrogen (secondary N) is 1. The van der Waals surface area contributed by atoms with E-state index in [1.807, 2.05) is 12.1 Å². The number of hydrogen-bond donors (Lipinski definition) is 2. The molecule has 0 aliphatic carbocycles. The summed E-state index contributed by atoms with van der Waals surface area (Å²) >= 11 is 0. The van der Waals surface area contributed by atoms with Gasteiger partial charge in [-0.2, -0.15) is 0 Å². The number of amides is 1. The first-order chi connectivity index (χ1) is 12.5. The normalized spacial score (nSPS) is 14.8. The van der Waals surface area contributed by atoms with E-state index in [0.717, 1.165) is 43.0 Å². The molecule has 1 aromatic heterocycles. The summed E-state index contributed by atoms with van der Waals surface area (Å²) in [5.41, 5.74) is 7.30. The molecular formula is C18H21N5O3. The molecule has 1 fully saturated rings. The number of carbonyl (C=O) groups excluding carboxylic acids is 1. The molecule has 1 aromatic carbocycles. The number of aromatic nitrogens is 1. The first kappa shape index (κ1) is 17.7. The zero-order valence-corrected chi connectivity index (χ0v) is 14.3. The predicted octanol–water partition coefficient (Wildman–Crippen LogP) is 2.30. The summed E-state index contributed by atoms with van der Waals surface area (Å²) in [6, 6.07) is 10.2. The molecular weight excluding hydrogens is 334 g/mol. The molecule has 1 saturated heterocycles. The topological polar surface area (TPSA) is 114 Å². The van der Waals surface area contributed by atoms with Gasteiger partial charge in [0, 0.05) is 55.1 Å². The number of nitrogens with two attached hydrogens (primary N) is 1. The van der Waals surface area contributed by atoms with Gasteiger partial charge in [-0.05, 0) is 31.0 Å². The summed E-state index contributed by atoms with van der Waals surface area (Å²) in [5, 5.41) is 14.0. The van der Waals surface area contributed by atoms with Crippen LogP contribution in [0.3, 0.4) is 0 Å². The van der Waals surface area contributed by atoms with Gasteiger partial charge in [0.1, 0.15) is 5.82 Å². The minimum atomic E-state index is -0.418. The minimum Gasteiger partial charge on any atom is -0.381 e. The van der Waals surface area contributed by atoms with Crippen molar-refractivity contribution in [1.82, 2.24) is 4.98 Å². The largest absolute Gasteiger partial charge is 0.381 e. The van der Waals surface area contributed by atoms with Crippen molar-refractivity contribution in [2.24, 2.45) is 11.7 Å². The van der Waals surface area contributed by atoms with Crippen molar-refractivity contribution in [2.75, 3.05) is 23.3 Å². The Labute approximate surface area is 151 Å². The molecule has 26 heavy (non-hydrogen) atoms. The molecule has 2 aromatic rings. The molecule has 8 nitrogen and oxygen atoms in total. The van der Waals surface area contributed by atoms with E-state index in [4.69, 9.17) is 5.73 Å². The van der Waals surface area contributed by atoms with Crippen LogP contribution < -0.4 is 16.0 Å². The second-order valence-corrected chi connectivity index (χ2v) is 6.31. The van der Waals surface area contributed by atoms with Crippen LogP contribution in [0.15, 0.2) is 42.6 Å². The molecule has 0 saturated carbocycles. The Morgan fingerprint density at radius 2 is 1.96 bits per heavy atom. The van der Waals surface area contributed by atoms with E-state index >= 15 is 0 Å². The van der Waals surface area contributed by atoms with Crippen LogP contribution >= 0.6 is 0 Å². The summed E-state index contributed by atoms with van der Waals surface area (Å²) in [6.07, 6.45) is 3.23. The fourth-order valence-electron chi connectivity index (χ4n) is 3.13. The van der Waals surface area contributed by atoms with Gasteiger partial charge in [-0.15, -0.1) is 0 Å². The van der Waals surface area contributed by atoms with Crippen molar-refractivity contribution in [3.05, 3.63) is 58.3 Å². The lowest BCUT2D eigenvalue weighted by atomic mass is 9.96. The summed E-state index contributed by atoms with van der Waals surface area (Å²) in [5.74, 6) is 0.604. The number of pyridine rings is 1. The van der Waals surface area contributed by atoms with Crippen molar-refractivity contribution in [1.29, 1.82) is 0 Å². The lowest BCUT2D eigenvalue weighted by Gasteiger charge is -2.32. The van der Waals surface area contributed by atoms with Crippen molar-refractivity contribution < 1.29 is 9.72 Å². The molecule has 8 heteroatoms. The van der Waals surface area contributed by atoms with Gasteiger partial charge in [0.15, 0.2) is 0 Å². The van der Waals surface area contributed by atoms with E-state index in [-0.39, 0.29) is 17.5 Å². The Kier molecular flexibility index (Phi) is 5.31. The third kappa shape index (κ3) is 4.08. The predicted molar refractivity (Wildman–Crippen MR) is 98.8 cm³/mol. The molecule has 0 bridgehead atoms. The number of carbonyl (C=O) groups is 1. The van der Waals surface area contributed by atoms with Crippen LogP contribution in [0.4, 0.5) is 17.2 Å². The zero-order chi connectivity index (χ0) is 18.5. The number of rotatable bonds is 6. The van der Waals surface area contributed by atoms with Crippen molar-refractivity contribution in [3.8, 4) is 0 Å².